The number of phenolic OH excluding ortho intramolecular Hbond substituents is 1. The number of aromatic hydroxyl groups is 1. The lowest BCUT2D eigenvalue weighted by Gasteiger charge is -2.10. The van der Waals surface area contributed by atoms with Crippen LogP contribution < -0.4 is 10.5 Å². The predicted molar refractivity (Wildman–Crippen MR) is 78.8 cm³/mol. The molecule has 0 radical (unpaired) electrons. The molecule has 1 aromatic heterocycles. The molecule has 0 atom stereocenters. The maximum Gasteiger partial charge on any atom is 0.131 e. The Bertz CT molecular complexity index is 793. The molecule has 5 nitrogen and oxygen atoms in total. The van der Waals surface area contributed by atoms with Crippen molar-refractivity contribution in [2.24, 2.45) is 7.05 Å². The molecule has 3 aromatic rings. The Kier molecular flexibility index (Phi) is 2.75. The van der Waals surface area contributed by atoms with Gasteiger partial charge in [0, 0.05) is 28.9 Å². The normalized spacial score (nSPS) is 10.9. The molecule has 0 aliphatic heterocycles. The molecule has 3 N–H and O–H groups in total. The van der Waals surface area contributed by atoms with Gasteiger partial charge in [0.15, 0.2) is 0 Å². The second kappa shape index (κ2) is 4.45. The average Bonchev–Trinajstić information content (AvgIpc) is 2.79. The SMILES string of the molecule is COc1cccc2c(O)c(-c3cnn(C)c3N)ccc12. The Morgan fingerprint density at radius 3 is 2.60 bits per heavy atom. The van der Waals surface area contributed by atoms with Crippen LogP contribution in [-0.2, 0) is 7.05 Å². The van der Waals surface area contributed by atoms with Gasteiger partial charge in [-0.05, 0) is 18.2 Å². The van der Waals surface area contributed by atoms with Crippen molar-refractivity contribution < 1.29 is 9.84 Å². The van der Waals surface area contributed by atoms with Crippen LogP contribution in [0.3, 0.4) is 0 Å². The quantitative estimate of drug-likeness (QED) is 0.749. The van der Waals surface area contributed by atoms with Gasteiger partial charge in [-0.1, -0.05) is 12.1 Å². The van der Waals surface area contributed by atoms with E-state index in [4.69, 9.17) is 10.5 Å². The van der Waals surface area contributed by atoms with Gasteiger partial charge in [-0.3, -0.25) is 4.68 Å². The van der Waals surface area contributed by atoms with Crippen molar-refractivity contribution in [2.75, 3.05) is 12.8 Å². The van der Waals surface area contributed by atoms with Crippen LogP contribution in [0.15, 0.2) is 36.5 Å². The third-order valence-electron chi connectivity index (χ3n) is 3.49. The summed E-state index contributed by atoms with van der Waals surface area (Å²) in [5.41, 5.74) is 7.35. The van der Waals surface area contributed by atoms with Gasteiger partial charge < -0.3 is 15.6 Å². The summed E-state index contributed by atoms with van der Waals surface area (Å²) in [6.45, 7) is 0. The van der Waals surface area contributed by atoms with Crippen molar-refractivity contribution in [1.82, 2.24) is 9.78 Å². The Morgan fingerprint density at radius 1 is 1.15 bits per heavy atom. The summed E-state index contributed by atoms with van der Waals surface area (Å²) in [7, 11) is 3.37. The molecule has 0 bridgehead atoms. The molecule has 2 aromatic carbocycles. The summed E-state index contributed by atoms with van der Waals surface area (Å²) in [6.07, 6.45) is 1.65. The lowest BCUT2D eigenvalue weighted by Crippen LogP contribution is -1.98. The van der Waals surface area contributed by atoms with E-state index in [1.807, 2.05) is 30.3 Å². The van der Waals surface area contributed by atoms with Crippen molar-refractivity contribution in [1.29, 1.82) is 0 Å². The van der Waals surface area contributed by atoms with Crippen molar-refractivity contribution in [3.8, 4) is 22.6 Å². The van der Waals surface area contributed by atoms with Gasteiger partial charge in [-0.25, -0.2) is 0 Å². The standard InChI is InChI=1S/C15H15N3O2/c1-18-15(16)12(8-17-18)11-7-6-9-10(14(11)19)4-3-5-13(9)20-2/h3-8,19H,16H2,1-2H3. The second-order valence-corrected chi connectivity index (χ2v) is 4.58. The van der Waals surface area contributed by atoms with Crippen LogP contribution in [0.1, 0.15) is 0 Å². The van der Waals surface area contributed by atoms with Crippen LogP contribution in [0.5, 0.6) is 11.5 Å². The average molecular weight is 269 g/mol. The minimum absolute atomic E-state index is 0.182. The van der Waals surface area contributed by atoms with Gasteiger partial charge in [0.05, 0.1) is 13.3 Å². The fraction of sp³-hybridized carbons (Fsp3) is 0.133. The number of hydrogen-bond donors (Lipinski definition) is 2. The molecule has 0 saturated heterocycles. The van der Waals surface area contributed by atoms with Gasteiger partial charge in [0.1, 0.15) is 17.3 Å². The van der Waals surface area contributed by atoms with E-state index in [2.05, 4.69) is 5.10 Å². The minimum Gasteiger partial charge on any atom is -0.507 e. The number of anilines is 1. The summed E-state index contributed by atoms with van der Waals surface area (Å²) < 4.78 is 6.88. The summed E-state index contributed by atoms with van der Waals surface area (Å²) >= 11 is 0. The number of methoxy groups -OCH3 is 1. The number of aryl methyl sites for hydroxylation is 1. The molecule has 5 heteroatoms. The Hall–Kier alpha value is -2.69. The van der Waals surface area contributed by atoms with Gasteiger partial charge in [-0.15, -0.1) is 0 Å². The van der Waals surface area contributed by atoms with E-state index in [1.165, 1.54) is 0 Å². The summed E-state index contributed by atoms with van der Waals surface area (Å²) in [6, 6.07) is 9.30. The highest BCUT2D eigenvalue weighted by Crippen LogP contribution is 2.40. The van der Waals surface area contributed by atoms with E-state index >= 15 is 0 Å². The van der Waals surface area contributed by atoms with Crippen LogP contribution in [0.4, 0.5) is 5.82 Å². The zero-order valence-electron chi connectivity index (χ0n) is 11.3. The molecule has 1 heterocycles. The molecule has 0 unspecified atom stereocenters. The Balaban J connectivity index is 2.29. The highest BCUT2D eigenvalue weighted by atomic mass is 16.5. The number of ether oxygens (including phenoxy) is 1. The lowest BCUT2D eigenvalue weighted by molar-refractivity contribution is 0.419. The number of rotatable bonds is 2. The summed E-state index contributed by atoms with van der Waals surface area (Å²) in [5.74, 6) is 1.42. The number of nitrogens with zero attached hydrogens (tertiary/aromatic N) is 2. The van der Waals surface area contributed by atoms with Crippen LogP contribution in [0.2, 0.25) is 0 Å². The van der Waals surface area contributed by atoms with E-state index in [1.54, 1.807) is 25.0 Å². The summed E-state index contributed by atoms with van der Waals surface area (Å²) in [4.78, 5) is 0. The van der Waals surface area contributed by atoms with Gasteiger partial charge in [0.25, 0.3) is 0 Å². The maximum absolute atomic E-state index is 10.5. The fourth-order valence-electron chi connectivity index (χ4n) is 2.36. The highest BCUT2D eigenvalue weighted by Gasteiger charge is 2.15. The topological polar surface area (TPSA) is 73.3 Å². The third-order valence-corrected chi connectivity index (χ3v) is 3.49. The first kappa shape index (κ1) is 12.3. The van der Waals surface area contributed by atoms with Crippen molar-refractivity contribution >= 4 is 16.6 Å². The van der Waals surface area contributed by atoms with Gasteiger partial charge in [0.2, 0.25) is 0 Å². The third kappa shape index (κ3) is 1.67. The first-order chi connectivity index (χ1) is 9.63. The number of aromatic nitrogens is 2. The van der Waals surface area contributed by atoms with Crippen LogP contribution in [0, 0.1) is 0 Å². The first-order valence-corrected chi connectivity index (χ1v) is 6.20. The zero-order valence-corrected chi connectivity index (χ0v) is 11.3. The maximum atomic E-state index is 10.5. The monoisotopic (exact) mass is 269 g/mol. The van der Waals surface area contributed by atoms with Crippen LogP contribution >= 0.6 is 0 Å². The second-order valence-electron chi connectivity index (χ2n) is 4.58. The lowest BCUT2D eigenvalue weighted by atomic mass is 10.0. The fourth-order valence-corrected chi connectivity index (χ4v) is 2.36. The molecular formula is C15H15N3O2. The van der Waals surface area contributed by atoms with E-state index in [9.17, 15) is 5.11 Å². The Labute approximate surface area is 116 Å². The molecule has 0 saturated carbocycles. The number of nitrogens with two attached hydrogens (primary N) is 1. The smallest absolute Gasteiger partial charge is 0.131 e. The molecule has 0 aliphatic rings. The van der Waals surface area contributed by atoms with E-state index in [0.29, 0.717) is 11.4 Å². The van der Waals surface area contributed by atoms with Crippen molar-refractivity contribution in [2.45, 2.75) is 0 Å². The molecule has 0 spiro atoms. The zero-order chi connectivity index (χ0) is 14.3. The molecule has 102 valence electrons. The summed E-state index contributed by atoms with van der Waals surface area (Å²) in [5, 5.41) is 16.2. The largest absolute Gasteiger partial charge is 0.507 e. The Morgan fingerprint density at radius 2 is 1.95 bits per heavy atom. The molecule has 0 fully saturated rings. The van der Waals surface area contributed by atoms with Gasteiger partial charge >= 0.3 is 0 Å². The molecular weight excluding hydrogens is 254 g/mol. The number of phenols is 1. The molecule has 20 heavy (non-hydrogen) atoms. The first-order valence-electron chi connectivity index (χ1n) is 6.20. The molecule has 3 rings (SSSR count). The predicted octanol–water partition coefficient (Wildman–Crippen LogP) is 2.54. The highest BCUT2D eigenvalue weighted by molar-refractivity contribution is 5.99. The van der Waals surface area contributed by atoms with Crippen LogP contribution in [0.25, 0.3) is 21.9 Å². The van der Waals surface area contributed by atoms with Crippen molar-refractivity contribution in [3.05, 3.63) is 36.5 Å². The minimum atomic E-state index is 0.182. The number of hydrogen-bond acceptors (Lipinski definition) is 4. The number of fused-ring (bicyclic) bond motifs is 1. The van der Waals surface area contributed by atoms with Crippen LogP contribution in [-0.4, -0.2) is 22.0 Å². The van der Waals surface area contributed by atoms with Crippen molar-refractivity contribution in [3.63, 3.8) is 0 Å². The van der Waals surface area contributed by atoms with E-state index in [0.717, 1.165) is 22.1 Å². The number of nitrogen functional groups attached to an aromatic ring is 1. The molecule has 0 aliphatic carbocycles. The van der Waals surface area contributed by atoms with E-state index in [-0.39, 0.29) is 5.75 Å². The molecule has 0 amide bonds. The number of benzene rings is 2. The van der Waals surface area contributed by atoms with E-state index < -0.39 is 0 Å². The van der Waals surface area contributed by atoms with Gasteiger partial charge in [-0.2, -0.15) is 5.10 Å².